The largest absolute Gasteiger partial charge is 0.298 e. The summed E-state index contributed by atoms with van der Waals surface area (Å²) in [7, 11) is 0. The average molecular weight is 252 g/mol. The SMILES string of the molecule is Cc1ccccc1-c1cc(C(C)C)cc(C=O)c1C. The number of aldehydes is 1. The molecular formula is C18H20O. The topological polar surface area (TPSA) is 17.1 Å². The Morgan fingerprint density at radius 3 is 2.26 bits per heavy atom. The molecule has 0 saturated heterocycles. The number of carbonyl (C=O) groups is 1. The smallest absolute Gasteiger partial charge is 0.150 e. The summed E-state index contributed by atoms with van der Waals surface area (Å²) in [5.74, 6) is 0.419. The molecule has 0 spiro atoms. The summed E-state index contributed by atoms with van der Waals surface area (Å²) in [6.45, 7) is 8.44. The molecule has 0 fully saturated rings. The maximum absolute atomic E-state index is 11.3. The van der Waals surface area contributed by atoms with Crippen molar-refractivity contribution in [3.8, 4) is 11.1 Å². The van der Waals surface area contributed by atoms with E-state index < -0.39 is 0 Å². The molecule has 98 valence electrons. The minimum atomic E-state index is 0.419. The van der Waals surface area contributed by atoms with Crippen LogP contribution in [0.4, 0.5) is 0 Å². The minimum absolute atomic E-state index is 0.419. The van der Waals surface area contributed by atoms with Gasteiger partial charge in [-0.25, -0.2) is 0 Å². The summed E-state index contributed by atoms with van der Waals surface area (Å²) in [6, 6.07) is 12.5. The molecule has 0 saturated carbocycles. The Balaban J connectivity index is 2.72. The molecule has 0 atom stereocenters. The second kappa shape index (κ2) is 5.40. The van der Waals surface area contributed by atoms with Gasteiger partial charge >= 0.3 is 0 Å². The first-order valence-electron chi connectivity index (χ1n) is 6.70. The van der Waals surface area contributed by atoms with Gasteiger partial charge in [0.25, 0.3) is 0 Å². The van der Waals surface area contributed by atoms with Crippen molar-refractivity contribution in [3.05, 3.63) is 58.7 Å². The van der Waals surface area contributed by atoms with Crippen LogP contribution in [0.2, 0.25) is 0 Å². The second-order valence-electron chi connectivity index (χ2n) is 5.37. The molecule has 1 heteroatoms. The highest BCUT2D eigenvalue weighted by atomic mass is 16.1. The first-order valence-corrected chi connectivity index (χ1v) is 6.70. The zero-order chi connectivity index (χ0) is 14.0. The normalized spacial score (nSPS) is 10.8. The predicted octanol–water partition coefficient (Wildman–Crippen LogP) is 4.91. The van der Waals surface area contributed by atoms with Gasteiger partial charge in [0, 0.05) is 5.56 Å². The van der Waals surface area contributed by atoms with E-state index in [1.165, 1.54) is 22.3 Å². The molecule has 2 aromatic carbocycles. The first-order chi connectivity index (χ1) is 9.04. The van der Waals surface area contributed by atoms with Gasteiger partial charge in [0.1, 0.15) is 6.29 Å². The molecule has 0 aliphatic carbocycles. The molecule has 0 unspecified atom stereocenters. The number of hydrogen-bond donors (Lipinski definition) is 0. The number of carbonyl (C=O) groups excluding carboxylic acids is 1. The number of hydrogen-bond acceptors (Lipinski definition) is 1. The van der Waals surface area contributed by atoms with Gasteiger partial charge in [-0.2, -0.15) is 0 Å². The van der Waals surface area contributed by atoms with E-state index in [0.717, 1.165) is 17.4 Å². The monoisotopic (exact) mass is 252 g/mol. The van der Waals surface area contributed by atoms with Gasteiger partial charge in [-0.15, -0.1) is 0 Å². The quantitative estimate of drug-likeness (QED) is 0.710. The van der Waals surface area contributed by atoms with E-state index in [2.05, 4.69) is 39.0 Å². The van der Waals surface area contributed by atoms with E-state index >= 15 is 0 Å². The van der Waals surface area contributed by atoms with Crippen LogP contribution in [0.5, 0.6) is 0 Å². The number of rotatable bonds is 3. The Labute approximate surface area is 115 Å². The van der Waals surface area contributed by atoms with Crippen molar-refractivity contribution >= 4 is 6.29 Å². The zero-order valence-electron chi connectivity index (χ0n) is 12.0. The lowest BCUT2D eigenvalue weighted by Crippen LogP contribution is -1.97. The summed E-state index contributed by atoms with van der Waals surface area (Å²) in [5, 5.41) is 0. The van der Waals surface area contributed by atoms with E-state index in [-0.39, 0.29) is 0 Å². The predicted molar refractivity (Wildman–Crippen MR) is 80.8 cm³/mol. The second-order valence-corrected chi connectivity index (χ2v) is 5.37. The molecule has 0 aromatic heterocycles. The van der Waals surface area contributed by atoms with Crippen LogP contribution >= 0.6 is 0 Å². The van der Waals surface area contributed by atoms with Crippen LogP contribution in [0.3, 0.4) is 0 Å². The van der Waals surface area contributed by atoms with Crippen molar-refractivity contribution in [1.82, 2.24) is 0 Å². The van der Waals surface area contributed by atoms with Crippen molar-refractivity contribution in [2.75, 3.05) is 0 Å². The fraction of sp³-hybridized carbons (Fsp3) is 0.278. The molecule has 0 amide bonds. The molecule has 0 N–H and O–H groups in total. The van der Waals surface area contributed by atoms with Gasteiger partial charge in [-0.1, -0.05) is 44.2 Å². The summed E-state index contributed by atoms with van der Waals surface area (Å²) in [6.07, 6.45) is 0.961. The van der Waals surface area contributed by atoms with E-state index in [4.69, 9.17) is 0 Å². The molecule has 0 radical (unpaired) electrons. The van der Waals surface area contributed by atoms with E-state index in [0.29, 0.717) is 5.92 Å². The van der Waals surface area contributed by atoms with E-state index in [1.54, 1.807) is 0 Å². The van der Waals surface area contributed by atoms with Gasteiger partial charge in [-0.3, -0.25) is 4.79 Å². The molecule has 0 heterocycles. The lowest BCUT2D eigenvalue weighted by molar-refractivity contribution is 0.112. The minimum Gasteiger partial charge on any atom is -0.298 e. The summed E-state index contributed by atoms with van der Waals surface area (Å²) in [4.78, 5) is 11.3. The van der Waals surface area contributed by atoms with Crippen LogP contribution in [0.1, 0.15) is 46.8 Å². The Morgan fingerprint density at radius 1 is 1.00 bits per heavy atom. The Hall–Kier alpha value is -1.89. The standard InChI is InChI=1S/C18H20O/c1-12(2)15-9-16(11-19)14(4)18(10-15)17-8-6-5-7-13(17)3/h5-12H,1-4H3. The summed E-state index contributed by atoms with van der Waals surface area (Å²) in [5.41, 5.74) is 6.70. The van der Waals surface area contributed by atoms with Gasteiger partial charge in [0.2, 0.25) is 0 Å². The highest BCUT2D eigenvalue weighted by molar-refractivity contribution is 5.84. The molecule has 0 aliphatic heterocycles. The maximum Gasteiger partial charge on any atom is 0.150 e. The van der Waals surface area contributed by atoms with Crippen LogP contribution < -0.4 is 0 Å². The Kier molecular flexibility index (Phi) is 3.84. The van der Waals surface area contributed by atoms with Crippen molar-refractivity contribution in [1.29, 1.82) is 0 Å². The van der Waals surface area contributed by atoms with Crippen LogP contribution in [0, 0.1) is 13.8 Å². The molecule has 2 aromatic rings. The van der Waals surface area contributed by atoms with Crippen molar-refractivity contribution in [3.63, 3.8) is 0 Å². The van der Waals surface area contributed by atoms with Gasteiger partial charge in [0.15, 0.2) is 0 Å². The fourth-order valence-electron chi connectivity index (χ4n) is 2.37. The highest BCUT2D eigenvalue weighted by Gasteiger charge is 2.11. The molecule has 2 rings (SSSR count). The van der Waals surface area contributed by atoms with Crippen LogP contribution in [-0.2, 0) is 0 Å². The van der Waals surface area contributed by atoms with Crippen LogP contribution in [0.25, 0.3) is 11.1 Å². The number of aryl methyl sites for hydroxylation is 1. The van der Waals surface area contributed by atoms with Crippen LogP contribution in [0.15, 0.2) is 36.4 Å². The average Bonchev–Trinajstić information content (AvgIpc) is 2.39. The lowest BCUT2D eigenvalue weighted by Gasteiger charge is -2.15. The first kappa shape index (κ1) is 13.5. The van der Waals surface area contributed by atoms with E-state index in [1.807, 2.05) is 25.1 Å². The third kappa shape index (κ3) is 2.60. The van der Waals surface area contributed by atoms with Crippen LogP contribution in [-0.4, -0.2) is 6.29 Å². The molecule has 19 heavy (non-hydrogen) atoms. The summed E-state index contributed by atoms with van der Waals surface area (Å²) >= 11 is 0. The molecule has 0 aliphatic rings. The van der Waals surface area contributed by atoms with E-state index in [9.17, 15) is 4.79 Å². The molecular weight excluding hydrogens is 232 g/mol. The maximum atomic E-state index is 11.3. The third-order valence-corrected chi connectivity index (χ3v) is 3.70. The van der Waals surface area contributed by atoms with Crippen molar-refractivity contribution < 1.29 is 4.79 Å². The Bertz CT molecular complexity index is 609. The van der Waals surface area contributed by atoms with Crippen molar-refractivity contribution in [2.24, 2.45) is 0 Å². The lowest BCUT2D eigenvalue weighted by atomic mass is 9.89. The van der Waals surface area contributed by atoms with Gasteiger partial charge in [-0.05, 0) is 53.6 Å². The van der Waals surface area contributed by atoms with Gasteiger partial charge < -0.3 is 0 Å². The highest BCUT2D eigenvalue weighted by Crippen LogP contribution is 2.31. The molecule has 0 bridgehead atoms. The fourth-order valence-corrected chi connectivity index (χ4v) is 2.37. The number of benzene rings is 2. The molecule has 1 nitrogen and oxygen atoms in total. The summed E-state index contributed by atoms with van der Waals surface area (Å²) < 4.78 is 0. The zero-order valence-corrected chi connectivity index (χ0v) is 12.0. The third-order valence-electron chi connectivity index (χ3n) is 3.70. The Morgan fingerprint density at radius 2 is 1.68 bits per heavy atom. The van der Waals surface area contributed by atoms with Gasteiger partial charge in [0.05, 0.1) is 0 Å². The van der Waals surface area contributed by atoms with Crippen molar-refractivity contribution in [2.45, 2.75) is 33.6 Å².